The molecular formula is C18H30F2. The Balaban J connectivity index is 1.78. The molecule has 2 aliphatic carbocycles. The SMILES string of the molecule is C/C=C/CCC1CCC(C2CCC(C)C(F)C2F)CC1. The van der Waals surface area contributed by atoms with E-state index < -0.39 is 12.3 Å². The lowest BCUT2D eigenvalue weighted by Gasteiger charge is -2.40. The van der Waals surface area contributed by atoms with E-state index in [9.17, 15) is 8.78 Å². The van der Waals surface area contributed by atoms with Crippen LogP contribution in [0.25, 0.3) is 0 Å². The zero-order valence-corrected chi connectivity index (χ0v) is 13.0. The highest BCUT2D eigenvalue weighted by atomic mass is 19.2. The van der Waals surface area contributed by atoms with Crippen molar-refractivity contribution < 1.29 is 8.78 Å². The Morgan fingerprint density at radius 1 is 0.950 bits per heavy atom. The molecule has 0 aromatic carbocycles. The van der Waals surface area contributed by atoms with E-state index in [4.69, 9.17) is 0 Å². The highest BCUT2D eigenvalue weighted by molar-refractivity contribution is 4.91. The third-order valence-corrected chi connectivity index (χ3v) is 5.69. The van der Waals surface area contributed by atoms with E-state index >= 15 is 0 Å². The lowest BCUT2D eigenvalue weighted by molar-refractivity contribution is -0.00659. The minimum Gasteiger partial charge on any atom is -0.244 e. The summed E-state index contributed by atoms with van der Waals surface area (Å²) in [5, 5.41) is 0. The Bertz CT molecular complexity index is 305. The molecule has 0 nitrogen and oxygen atoms in total. The second-order valence-electron chi connectivity index (χ2n) is 7.03. The van der Waals surface area contributed by atoms with Gasteiger partial charge in [-0.15, -0.1) is 0 Å². The summed E-state index contributed by atoms with van der Waals surface area (Å²) in [4.78, 5) is 0. The summed E-state index contributed by atoms with van der Waals surface area (Å²) in [7, 11) is 0. The molecule has 2 saturated carbocycles. The van der Waals surface area contributed by atoms with Gasteiger partial charge in [-0.25, -0.2) is 8.78 Å². The fraction of sp³-hybridized carbons (Fsp3) is 0.889. The molecule has 2 rings (SSSR count). The van der Waals surface area contributed by atoms with Gasteiger partial charge in [0.15, 0.2) is 0 Å². The first kappa shape index (κ1) is 16.0. The number of alkyl halides is 2. The van der Waals surface area contributed by atoms with Gasteiger partial charge in [0.2, 0.25) is 0 Å². The van der Waals surface area contributed by atoms with E-state index in [1.54, 1.807) is 0 Å². The van der Waals surface area contributed by atoms with Crippen LogP contribution in [0.4, 0.5) is 8.78 Å². The fourth-order valence-corrected chi connectivity index (χ4v) is 4.22. The summed E-state index contributed by atoms with van der Waals surface area (Å²) in [5.74, 6) is 1.16. The molecule has 0 saturated heterocycles. The maximum Gasteiger partial charge on any atom is 0.134 e. The van der Waals surface area contributed by atoms with Gasteiger partial charge in [-0.1, -0.05) is 31.9 Å². The predicted octanol–water partition coefficient (Wildman–Crippen LogP) is 5.87. The summed E-state index contributed by atoms with van der Waals surface area (Å²) in [6.45, 7) is 3.92. The molecule has 2 fully saturated rings. The quantitative estimate of drug-likeness (QED) is 0.566. The van der Waals surface area contributed by atoms with Crippen LogP contribution in [0.2, 0.25) is 0 Å². The first-order chi connectivity index (χ1) is 9.63. The minimum absolute atomic E-state index is 0.00214. The molecule has 116 valence electrons. The number of allylic oxidation sites excluding steroid dienone is 2. The van der Waals surface area contributed by atoms with Crippen molar-refractivity contribution in [2.75, 3.05) is 0 Å². The monoisotopic (exact) mass is 284 g/mol. The van der Waals surface area contributed by atoms with Crippen LogP contribution in [0, 0.1) is 23.7 Å². The van der Waals surface area contributed by atoms with Crippen LogP contribution in [0.15, 0.2) is 12.2 Å². The van der Waals surface area contributed by atoms with Gasteiger partial charge in [0.25, 0.3) is 0 Å². The molecule has 0 radical (unpaired) electrons. The minimum atomic E-state index is -1.22. The summed E-state index contributed by atoms with van der Waals surface area (Å²) in [5.41, 5.74) is 0. The van der Waals surface area contributed by atoms with Crippen molar-refractivity contribution in [3.05, 3.63) is 12.2 Å². The van der Waals surface area contributed by atoms with Gasteiger partial charge in [-0.3, -0.25) is 0 Å². The zero-order chi connectivity index (χ0) is 14.5. The molecule has 0 bridgehead atoms. The van der Waals surface area contributed by atoms with E-state index in [1.807, 2.05) is 6.92 Å². The van der Waals surface area contributed by atoms with Crippen molar-refractivity contribution in [3.63, 3.8) is 0 Å². The van der Waals surface area contributed by atoms with Crippen molar-refractivity contribution >= 4 is 0 Å². The third kappa shape index (κ3) is 3.83. The number of rotatable bonds is 4. The first-order valence-corrected chi connectivity index (χ1v) is 8.52. The molecule has 2 aliphatic rings. The maximum absolute atomic E-state index is 14.2. The summed E-state index contributed by atoms with van der Waals surface area (Å²) in [6.07, 6.45) is 10.8. The van der Waals surface area contributed by atoms with Gasteiger partial charge in [0.05, 0.1) is 0 Å². The molecule has 0 N–H and O–H groups in total. The third-order valence-electron chi connectivity index (χ3n) is 5.69. The van der Waals surface area contributed by atoms with Crippen LogP contribution < -0.4 is 0 Å². The van der Waals surface area contributed by atoms with Crippen molar-refractivity contribution in [1.82, 2.24) is 0 Å². The van der Waals surface area contributed by atoms with E-state index in [1.165, 1.54) is 25.7 Å². The number of hydrogen-bond donors (Lipinski definition) is 0. The van der Waals surface area contributed by atoms with Crippen LogP contribution in [0.5, 0.6) is 0 Å². The molecule has 0 aliphatic heterocycles. The predicted molar refractivity (Wildman–Crippen MR) is 81.2 cm³/mol. The topological polar surface area (TPSA) is 0 Å². The second-order valence-corrected chi connectivity index (χ2v) is 7.03. The van der Waals surface area contributed by atoms with E-state index in [2.05, 4.69) is 19.1 Å². The van der Waals surface area contributed by atoms with E-state index in [0.29, 0.717) is 5.92 Å². The molecule has 4 atom stereocenters. The Labute approximate surface area is 123 Å². The molecule has 4 unspecified atom stereocenters. The largest absolute Gasteiger partial charge is 0.244 e. The first-order valence-electron chi connectivity index (χ1n) is 8.52. The van der Waals surface area contributed by atoms with Crippen molar-refractivity contribution in [3.8, 4) is 0 Å². The summed E-state index contributed by atoms with van der Waals surface area (Å²) >= 11 is 0. The molecule has 20 heavy (non-hydrogen) atoms. The normalized spacial score (nSPS) is 43.0. The standard InChI is InChI=1S/C18H30F2/c1-3-4-5-6-14-8-10-15(11-9-14)16-12-7-13(2)17(19)18(16)20/h3-4,13-18H,5-12H2,1-2H3/b4-3+. The number of halogens is 2. The van der Waals surface area contributed by atoms with Crippen LogP contribution in [-0.2, 0) is 0 Å². The highest BCUT2D eigenvalue weighted by Crippen LogP contribution is 2.44. The molecule has 0 aromatic heterocycles. The molecule has 0 heterocycles. The Morgan fingerprint density at radius 3 is 2.30 bits per heavy atom. The van der Waals surface area contributed by atoms with E-state index in [-0.39, 0.29) is 11.8 Å². The average molecular weight is 284 g/mol. The lowest BCUT2D eigenvalue weighted by atomic mass is 9.67. The van der Waals surface area contributed by atoms with Crippen LogP contribution in [-0.4, -0.2) is 12.3 Å². The average Bonchev–Trinajstić information content (AvgIpc) is 2.46. The van der Waals surface area contributed by atoms with Gasteiger partial charge in [0.1, 0.15) is 12.3 Å². The Hall–Kier alpha value is -0.400. The molecule has 2 heteroatoms. The fourth-order valence-electron chi connectivity index (χ4n) is 4.22. The van der Waals surface area contributed by atoms with Crippen LogP contribution >= 0.6 is 0 Å². The zero-order valence-electron chi connectivity index (χ0n) is 13.0. The summed E-state index contributed by atoms with van der Waals surface area (Å²) in [6, 6.07) is 0. The second kappa shape index (κ2) is 7.56. The number of hydrogen-bond acceptors (Lipinski definition) is 0. The Morgan fingerprint density at radius 2 is 1.65 bits per heavy atom. The van der Waals surface area contributed by atoms with Gasteiger partial charge in [-0.2, -0.15) is 0 Å². The van der Waals surface area contributed by atoms with Gasteiger partial charge in [0, 0.05) is 0 Å². The van der Waals surface area contributed by atoms with Gasteiger partial charge < -0.3 is 0 Å². The van der Waals surface area contributed by atoms with E-state index in [0.717, 1.165) is 31.6 Å². The van der Waals surface area contributed by atoms with Crippen molar-refractivity contribution in [2.45, 2.75) is 77.6 Å². The molecule has 0 amide bonds. The lowest BCUT2D eigenvalue weighted by Crippen LogP contribution is -2.41. The van der Waals surface area contributed by atoms with Crippen molar-refractivity contribution in [1.29, 1.82) is 0 Å². The summed E-state index contributed by atoms with van der Waals surface area (Å²) < 4.78 is 28.1. The molecule has 0 aromatic rings. The van der Waals surface area contributed by atoms with Crippen LogP contribution in [0.3, 0.4) is 0 Å². The maximum atomic E-state index is 14.2. The van der Waals surface area contributed by atoms with Crippen molar-refractivity contribution in [2.24, 2.45) is 23.7 Å². The van der Waals surface area contributed by atoms with Gasteiger partial charge in [-0.05, 0) is 69.1 Å². The molecular weight excluding hydrogens is 254 g/mol. The van der Waals surface area contributed by atoms with Gasteiger partial charge >= 0.3 is 0 Å². The molecule has 0 spiro atoms. The smallest absolute Gasteiger partial charge is 0.134 e. The van der Waals surface area contributed by atoms with Crippen LogP contribution in [0.1, 0.15) is 65.2 Å². The Kier molecular flexibility index (Phi) is 6.04. The highest BCUT2D eigenvalue weighted by Gasteiger charge is 2.42.